The molecule has 0 radical (unpaired) electrons. The molecule has 0 spiro atoms. The summed E-state index contributed by atoms with van der Waals surface area (Å²) in [7, 11) is -3.22. The van der Waals surface area contributed by atoms with Gasteiger partial charge in [-0.25, -0.2) is 13.4 Å². The molecule has 0 atom stereocenters. The molecule has 0 amide bonds. The average molecular weight is 574 g/mol. The summed E-state index contributed by atoms with van der Waals surface area (Å²) < 4.78 is 29.0. The minimum atomic E-state index is -3.22. The second-order valence-electron chi connectivity index (χ2n) is 7.05. The van der Waals surface area contributed by atoms with Gasteiger partial charge in [0.25, 0.3) is 0 Å². The number of hydrogen-bond acceptors (Lipinski definition) is 5. The van der Waals surface area contributed by atoms with Gasteiger partial charge in [0.15, 0.2) is 15.8 Å². The van der Waals surface area contributed by atoms with Crippen molar-refractivity contribution in [2.24, 2.45) is 4.99 Å². The highest BCUT2D eigenvalue weighted by atomic mass is 127. The van der Waals surface area contributed by atoms with Crippen molar-refractivity contribution in [3.63, 3.8) is 0 Å². The summed E-state index contributed by atoms with van der Waals surface area (Å²) in [5.74, 6) is 1.65. The molecular weight excluding hydrogens is 545 g/mol. The minimum absolute atomic E-state index is 0. The van der Waals surface area contributed by atoms with E-state index < -0.39 is 9.84 Å². The van der Waals surface area contributed by atoms with E-state index in [0.29, 0.717) is 18.0 Å². The largest absolute Gasteiger partial charge is 0.469 e. The zero-order valence-corrected chi connectivity index (χ0v) is 21.6. The normalized spacial score (nSPS) is 11.7. The highest BCUT2D eigenvalue weighted by Crippen LogP contribution is 2.17. The summed E-state index contributed by atoms with van der Waals surface area (Å²) in [6.07, 6.45) is 4.59. The van der Waals surface area contributed by atoms with E-state index in [4.69, 9.17) is 4.42 Å². The van der Waals surface area contributed by atoms with Gasteiger partial charge in [0.05, 0.1) is 17.7 Å². The van der Waals surface area contributed by atoms with E-state index in [0.717, 1.165) is 42.2 Å². The van der Waals surface area contributed by atoms with Gasteiger partial charge in [0, 0.05) is 30.6 Å². The number of nitrogens with one attached hydrogen (secondary N) is 2. The van der Waals surface area contributed by atoms with Crippen LogP contribution in [0.5, 0.6) is 0 Å². The van der Waals surface area contributed by atoms with Crippen LogP contribution in [-0.4, -0.2) is 33.7 Å². The molecule has 3 rings (SSSR count). The Morgan fingerprint density at radius 2 is 1.87 bits per heavy atom. The number of aryl methyl sites for hydroxylation is 1. The summed E-state index contributed by atoms with van der Waals surface area (Å²) in [5.41, 5.74) is 1.70. The SMILES string of the molecule is Cc1cc(CN=C(NCCc2ccco2)NCCc2cccs2)ccc1S(C)(=O)=O.I. The molecule has 9 heteroatoms. The van der Waals surface area contributed by atoms with E-state index in [-0.39, 0.29) is 24.0 Å². The van der Waals surface area contributed by atoms with Crippen molar-refractivity contribution in [1.82, 2.24) is 10.6 Å². The molecule has 2 heterocycles. The summed E-state index contributed by atoms with van der Waals surface area (Å²) in [6.45, 7) is 3.74. The second kappa shape index (κ2) is 12.3. The zero-order valence-electron chi connectivity index (χ0n) is 17.6. The highest BCUT2D eigenvalue weighted by molar-refractivity contribution is 14.0. The van der Waals surface area contributed by atoms with Gasteiger partial charge >= 0.3 is 0 Å². The number of benzene rings is 1. The van der Waals surface area contributed by atoms with Gasteiger partial charge in [-0.05, 0) is 54.1 Å². The fourth-order valence-corrected chi connectivity index (χ4v) is 4.76. The Kier molecular flexibility index (Phi) is 10.0. The van der Waals surface area contributed by atoms with E-state index in [1.165, 1.54) is 11.1 Å². The average Bonchev–Trinajstić information content (AvgIpc) is 3.39. The van der Waals surface area contributed by atoms with Crippen LogP contribution in [0, 0.1) is 6.92 Å². The van der Waals surface area contributed by atoms with Crippen LogP contribution in [0.2, 0.25) is 0 Å². The topological polar surface area (TPSA) is 83.7 Å². The number of thiophene rings is 1. The molecule has 0 saturated heterocycles. The Balaban J connectivity index is 0.00000341. The van der Waals surface area contributed by atoms with Crippen LogP contribution in [0.4, 0.5) is 0 Å². The maximum Gasteiger partial charge on any atom is 0.191 e. The molecule has 31 heavy (non-hydrogen) atoms. The number of aliphatic imine (C=N–C) groups is 1. The molecule has 2 aromatic heterocycles. The molecule has 0 aliphatic heterocycles. The van der Waals surface area contributed by atoms with Gasteiger partial charge in [0.2, 0.25) is 0 Å². The molecule has 0 saturated carbocycles. The maximum atomic E-state index is 11.8. The Morgan fingerprint density at radius 1 is 1.10 bits per heavy atom. The van der Waals surface area contributed by atoms with Crippen molar-refractivity contribution in [3.05, 3.63) is 75.9 Å². The van der Waals surface area contributed by atoms with Crippen molar-refractivity contribution in [3.8, 4) is 0 Å². The van der Waals surface area contributed by atoms with Crippen molar-refractivity contribution >= 4 is 51.1 Å². The quantitative estimate of drug-likeness (QED) is 0.228. The third-order valence-electron chi connectivity index (χ3n) is 4.55. The van der Waals surface area contributed by atoms with Crippen LogP contribution in [-0.2, 0) is 29.2 Å². The fourth-order valence-electron chi connectivity index (χ4n) is 3.09. The number of rotatable bonds is 9. The molecule has 0 unspecified atom stereocenters. The fraction of sp³-hybridized carbons (Fsp3) is 0.318. The second-order valence-corrected chi connectivity index (χ2v) is 10.1. The lowest BCUT2D eigenvalue weighted by Crippen LogP contribution is -2.39. The Labute approximate surface area is 205 Å². The lowest BCUT2D eigenvalue weighted by molar-refractivity contribution is 0.506. The van der Waals surface area contributed by atoms with Gasteiger partial charge in [-0.2, -0.15) is 0 Å². The van der Waals surface area contributed by atoms with Gasteiger partial charge in [-0.3, -0.25) is 0 Å². The van der Waals surface area contributed by atoms with Crippen molar-refractivity contribution in [2.75, 3.05) is 19.3 Å². The van der Waals surface area contributed by atoms with Crippen LogP contribution in [0.1, 0.15) is 21.8 Å². The summed E-state index contributed by atoms with van der Waals surface area (Å²) in [4.78, 5) is 6.37. The Morgan fingerprint density at radius 3 is 2.48 bits per heavy atom. The van der Waals surface area contributed by atoms with E-state index in [1.807, 2.05) is 31.2 Å². The predicted octanol–water partition coefficient (Wildman–Crippen LogP) is 4.19. The number of halogens is 1. The van der Waals surface area contributed by atoms with E-state index >= 15 is 0 Å². The first-order valence-electron chi connectivity index (χ1n) is 9.78. The number of sulfone groups is 1. The van der Waals surface area contributed by atoms with Crippen LogP contribution in [0.15, 0.2) is 68.4 Å². The lowest BCUT2D eigenvalue weighted by Gasteiger charge is -2.12. The molecule has 2 N–H and O–H groups in total. The molecule has 0 fully saturated rings. The minimum Gasteiger partial charge on any atom is -0.469 e. The number of furan rings is 1. The van der Waals surface area contributed by atoms with Gasteiger partial charge in [0.1, 0.15) is 5.76 Å². The molecular formula is C22H28IN3O3S2. The summed E-state index contributed by atoms with van der Waals surface area (Å²) >= 11 is 1.74. The molecule has 0 aliphatic rings. The molecule has 168 valence electrons. The first-order valence-corrected chi connectivity index (χ1v) is 12.6. The smallest absolute Gasteiger partial charge is 0.191 e. The maximum absolute atomic E-state index is 11.8. The van der Waals surface area contributed by atoms with Gasteiger partial charge in [-0.1, -0.05) is 18.2 Å². The standard InChI is InChI=1S/C22H27N3O3S2.HI/c1-17-15-18(7-8-21(17)30(2,26)27)16-25-22(23-11-9-19-5-3-13-28-19)24-12-10-20-6-4-14-29-20;/h3-8,13-15H,9-12,16H2,1-2H3,(H2,23,24,25);1H. The number of guanidine groups is 1. The van der Waals surface area contributed by atoms with E-state index in [9.17, 15) is 8.42 Å². The van der Waals surface area contributed by atoms with E-state index in [2.05, 4.69) is 33.1 Å². The number of nitrogens with zero attached hydrogens (tertiary/aromatic N) is 1. The zero-order chi connectivity index (χ0) is 21.4. The molecule has 0 aliphatic carbocycles. The third-order valence-corrected chi connectivity index (χ3v) is 6.74. The van der Waals surface area contributed by atoms with E-state index in [1.54, 1.807) is 23.7 Å². The lowest BCUT2D eigenvalue weighted by atomic mass is 10.1. The van der Waals surface area contributed by atoms with Crippen LogP contribution in [0.25, 0.3) is 0 Å². The van der Waals surface area contributed by atoms with Crippen molar-refractivity contribution in [1.29, 1.82) is 0 Å². The monoisotopic (exact) mass is 573 g/mol. The van der Waals surface area contributed by atoms with Crippen LogP contribution in [0.3, 0.4) is 0 Å². The molecule has 3 aromatic rings. The van der Waals surface area contributed by atoms with Gasteiger partial charge < -0.3 is 15.1 Å². The third kappa shape index (κ3) is 8.30. The van der Waals surface area contributed by atoms with Crippen molar-refractivity contribution in [2.45, 2.75) is 31.2 Å². The number of hydrogen-bond donors (Lipinski definition) is 2. The first kappa shape index (κ1) is 25.4. The van der Waals surface area contributed by atoms with Gasteiger partial charge in [-0.15, -0.1) is 35.3 Å². The highest BCUT2D eigenvalue weighted by Gasteiger charge is 2.11. The van der Waals surface area contributed by atoms with Crippen LogP contribution >= 0.6 is 35.3 Å². The predicted molar refractivity (Wildman–Crippen MR) is 137 cm³/mol. The van der Waals surface area contributed by atoms with Crippen molar-refractivity contribution < 1.29 is 12.8 Å². The first-order chi connectivity index (χ1) is 14.4. The summed E-state index contributed by atoms with van der Waals surface area (Å²) in [6, 6.07) is 13.4. The molecule has 6 nitrogen and oxygen atoms in total. The Hall–Kier alpha value is -1.85. The van der Waals surface area contributed by atoms with Crippen LogP contribution < -0.4 is 10.6 Å². The molecule has 0 bridgehead atoms. The molecule has 1 aromatic carbocycles. The Bertz CT molecular complexity index is 1020. The summed E-state index contributed by atoms with van der Waals surface area (Å²) in [5, 5.41) is 8.80.